The van der Waals surface area contributed by atoms with Gasteiger partial charge in [0, 0.05) is 38.3 Å². The van der Waals surface area contributed by atoms with E-state index in [0.717, 1.165) is 5.69 Å². The molecule has 0 fully saturated rings. The molecule has 0 spiro atoms. The molecule has 2 heteroatoms. The minimum absolute atomic E-state index is 1.16. The Labute approximate surface area is 291 Å². The van der Waals surface area contributed by atoms with E-state index >= 15 is 0 Å². The highest BCUT2D eigenvalue weighted by molar-refractivity contribution is 6.25. The second kappa shape index (κ2) is 10.7. The molecule has 2 aromatic heterocycles. The lowest BCUT2D eigenvalue weighted by atomic mass is 9.89. The van der Waals surface area contributed by atoms with E-state index in [1.54, 1.807) is 0 Å². The lowest BCUT2D eigenvalue weighted by Gasteiger charge is -2.17. The lowest BCUT2D eigenvalue weighted by Crippen LogP contribution is -1.97. The Hall–Kier alpha value is -6.12. The van der Waals surface area contributed by atoms with Crippen LogP contribution in [0.3, 0.4) is 0 Å². The van der Waals surface area contributed by atoms with Gasteiger partial charge in [0.15, 0.2) is 0 Å². The Kier molecular flexibility index (Phi) is 6.17. The third-order valence-corrected chi connectivity index (χ3v) is 10.9. The topological polar surface area (TPSA) is 20.7 Å². The van der Waals surface area contributed by atoms with Crippen LogP contribution in [0, 0.1) is 27.7 Å². The number of rotatable bonds is 3. The van der Waals surface area contributed by atoms with Gasteiger partial charge >= 0.3 is 0 Å². The van der Waals surface area contributed by atoms with Crippen molar-refractivity contribution in [3.8, 4) is 27.9 Å². The predicted octanol–water partition coefficient (Wildman–Crippen LogP) is 13.3. The first-order valence-electron chi connectivity index (χ1n) is 17.5. The van der Waals surface area contributed by atoms with Gasteiger partial charge in [-0.15, -0.1) is 0 Å². The Morgan fingerprint density at radius 1 is 0.440 bits per heavy atom. The molecule has 0 aliphatic rings. The first-order chi connectivity index (χ1) is 24.5. The molecule has 2 heterocycles. The van der Waals surface area contributed by atoms with Crippen LogP contribution in [0.5, 0.6) is 0 Å². The van der Waals surface area contributed by atoms with Crippen molar-refractivity contribution in [2.24, 2.45) is 0 Å². The summed E-state index contributed by atoms with van der Waals surface area (Å²) in [5.41, 5.74) is 16.2. The number of H-pyrrole nitrogens is 1. The molecule has 0 amide bonds. The fourth-order valence-electron chi connectivity index (χ4n) is 8.88. The predicted molar refractivity (Wildman–Crippen MR) is 215 cm³/mol. The van der Waals surface area contributed by atoms with Crippen molar-refractivity contribution in [1.29, 1.82) is 0 Å². The van der Waals surface area contributed by atoms with Gasteiger partial charge in [0.25, 0.3) is 0 Å². The number of para-hydroxylation sites is 2. The molecule has 238 valence electrons. The van der Waals surface area contributed by atoms with E-state index in [1.807, 2.05) is 0 Å². The number of nitrogens with zero attached hydrogens (tertiary/aromatic N) is 1. The van der Waals surface area contributed by atoms with Crippen LogP contribution in [0.2, 0.25) is 0 Å². The molecular weight excluding hydrogens is 605 g/mol. The van der Waals surface area contributed by atoms with Crippen molar-refractivity contribution in [3.05, 3.63) is 162 Å². The van der Waals surface area contributed by atoms with Crippen molar-refractivity contribution >= 4 is 65.2 Å². The summed E-state index contributed by atoms with van der Waals surface area (Å²) in [5.74, 6) is 0. The summed E-state index contributed by atoms with van der Waals surface area (Å²) in [6.45, 7) is 8.93. The minimum Gasteiger partial charge on any atom is -0.354 e. The highest BCUT2D eigenvalue weighted by atomic mass is 15.0. The fraction of sp³-hybridized carbons (Fsp3) is 0.0833. The summed E-state index contributed by atoms with van der Waals surface area (Å²) in [7, 11) is 0. The van der Waals surface area contributed by atoms with E-state index in [2.05, 4.69) is 177 Å². The van der Waals surface area contributed by atoms with E-state index in [9.17, 15) is 0 Å². The molecule has 1 N–H and O–H groups in total. The average Bonchev–Trinajstić information content (AvgIpc) is 3.68. The van der Waals surface area contributed by atoms with Gasteiger partial charge in [-0.3, -0.25) is 0 Å². The average molecular weight is 641 g/mol. The Balaban J connectivity index is 1.28. The number of aromatic nitrogens is 2. The Morgan fingerprint density at radius 3 is 1.96 bits per heavy atom. The highest BCUT2D eigenvalue weighted by Crippen LogP contribution is 2.44. The van der Waals surface area contributed by atoms with Gasteiger partial charge in [-0.2, -0.15) is 0 Å². The number of hydrogen-bond acceptors (Lipinski definition) is 0. The van der Waals surface area contributed by atoms with Crippen molar-refractivity contribution in [2.75, 3.05) is 0 Å². The largest absolute Gasteiger partial charge is 0.354 e. The summed E-state index contributed by atoms with van der Waals surface area (Å²) in [6.07, 6.45) is 0. The number of nitrogens with one attached hydrogen (secondary N) is 1. The monoisotopic (exact) mass is 640 g/mol. The Bertz CT molecular complexity index is 3000. The first kappa shape index (κ1) is 28.9. The smallest absolute Gasteiger partial charge is 0.0553 e. The van der Waals surface area contributed by atoms with E-state index in [1.165, 1.54) is 110 Å². The molecule has 0 aliphatic heterocycles. The molecule has 0 radical (unpaired) electrons. The van der Waals surface area contributed by atoms with Gasteiger partial charge in [0.1, 0.15) is 0 Å². The number of hydrogen-bond donors (Lipinski definition) is 1. The molecular formula is C48H36N2. The second-order valence-corrected chi connectivity index (χ2v) is 14.1. The number of aryl methyl sites for hydroxylation is 4. The zero-order chi connectivity index (χ0) is 33.7. The van der Waals surface area contributed by atoms with Crippen LogP contribution in [0.1, 0.15) is 22.3 Å². The van der Waals surface area contributed by atoms with Gasteiger partial charge in [-0.05, 0) is 113 Å². The van der Waals surface area contributed by atoms with Gasteiger partial charge in [0.2, 0.25) is 0 Å². The number of aromatic amines is 1. The standard InChI is InChI=1S/C48H36N2/c1-28-24-30(3)45(31(4)25-28)41-27-44-47(36-15-8-7-14-35(36)41)38-16-9-10-19-43(38)50(44)33-22-20-29(2)40(26-33)37-17-11-18-39-46-34-13-6-5-12-32(34)21-23-42(46)49-48(37)39/h5-27,49H,1-4H3. The van der Waals surface area contributed by atoms with Gasteiger partial charge in [0.05, 0.1) is 16.6 Å². The highest BCUT2D eigenvalue weighted by Gasteiger charge is 2.21. The lowest BCUT2D eigenvalue weighted by molar-refractivity contribution is 1.18. The first-order valence-corrected chi connectivity index (χ1v) is 17.5. The second-order valence-electron chi connectivity index (χ2n) is 14.1. The molecule has 0 atom stereocenters. The molecule has 10 aromatic rings. The van der Waals surface area contributed by atoms with Crippen LogP contribution in [-0.4, -0.2) is 9.55 Å². The molecule has 0 saturated carbocycles. The molecule has 0 aliphatic carbocycles. The van der Waals surface area contributed by atoms with E-state index in [0.29, 0.717) is 0 Å². The SMILES string of the molecule is Cc1cc(C)c(-c2cc3c(c4ccccc24)c2ccccc2n3-c2ccc(C)c(-c3cccc4c3[nH]c3ccc5ccccc5c34)c2)c(C)c1. The number of benzene rings is 8. The summed E-state index contributed by atoms with van der Waals surface area (Å²) >= 11 is 0. The van der Waals surface area contributed by atoms with Crippen molar-refractivity contribution < 1.29 is 0 Å². The van der Waals surface area contributed by atoms with E-state index in [-0.39, 0.29) is 0 Å². The zero-order valence-corrected chi connectivity index (χ0v) is 28.7. The molecule has 2 nitrogen and oxygen atoms in total. The van der Waals surface area contributed by atoms with Crippen LogP contribution < -0.4 is 0 Å². The summed E-state index contributed by atoms with van der Waals surface area (Å²) < 4.78 is 2.49. The van der Waals surface area contributed by atoms with E-state index in [4.69, 9.17) is 0 Å². The molecule has 0 saturated heterocycles. The normalized spacial score (nSPS) is 12.0. The molecule has 8 aromatic carbocycles. The molecule has 0 unspecified atom stereocenters. The summed E-state index contributed by atoms with van der Waals surface area (Å²) in [5, 5.41) is 10.2. The summed E-state index contributed by atoms with van der Waals surface area (Å²) in [4.78, 5) is 3.83. The number of fused-ring (bicyclic) bond motifs is 10. The maximum atomic E-state index is 3.83. The van der Waals surface area contributed by atoms with Crippen LogP contribution in [0.25, 0.3) is 93.1 Å². The molecule has 0 bridgehead atoms. The molecule has 50 heavy (non-hydrogen) atoms. The summed E-state index contributed by atoms with van der Waals surface area (Å²) in [6, 6.07) is 51.8. The zero-order valence-electron chi connectivity index (χ0n) is 28.7. The van der Waals surface area contributed by atoms with Gasteiger partial charge in [-0.25, -0.2) is 0 Å². The van der Waals surface area contributed by atoms with Crippen molar-refractivity contribution in [2.45, 2.75) is 27.7 Å². The van der Waals surface area contributed by atoms with Crippen LogP contribution in [0.4, 0.5) is 0 Å². The third-order valence-electron chi connectivity index (χ3n) is 10.9. The van der Waals surface area contributed by atoms with Crippen molar-refractivity contribution in [1.82, 2.24) is 9.55 Å². The van der Waals surface area contributed by atoms with Crippen LogP contribution >= 0.6 is 0 Å². The third kappa shape index (κ3) is 4.09. The fourth-order valence-corrected chi connectivity index (χ4v) is 8.88. The van der Waals surface area contributed by atoms with Gasteiger partial charge < -0.3 is 9.55 Å². The van der Waals surface area contributed by atoms with E-state index < -0.39 is 0 Å². The maximum absolute atomic E-state index is 3.83. The maximum Gasteiger partial charge on any atom is 0.0553 e. The quantitative estimate of drug-likeness (QED) is 0.198. The molecule has 10 rings (SSSR count). The van der Waals surface area contributed by atoms with Crippen LogP contribution in [-0.2, 0) is 0 Å². The van der Waals surface area contributed by atoms with Crippen LogP contribution in [0.15, 0.2) is 140 Å². The Morgan fingerprint density at radius 2 is 1.14 bits per heavy atom. The van der Waals surface area contributed by atoms with Crippen molar-refractivity contribution in [3.63, 3.8) is 0 Å². The minimum atomic E-state index is 1.16. The van der Waals surface area contributed by atoms with Gasteiger partial charge in [-0.1, -0.05) is 115 Å².